The zero-order valence-electron chi connectivity index (χ0n) is 10.8. The van der Waals surface area contributed by atoms with E-state index in [2.05, 4.69) is 46.1 Å². The highest BCUT2D eigenvalue weighted by Gasteiger charge is 2.19. The first kappa shape index (κ1) is 11.5. The van der Waals surface area contributed by atoms with E-state index >= 15 is 0 Å². The fraction of sp³-hybridized carbons (Fsp3) is 0.400. The van der Waals surface area contributed by atoms with Crippen molar-refractivity contribution in [2.75, 3.05) is 0 Å². The molecule has 0 amide bonds. The Bertz CT molecular complexity index is 526. The van der Waals surface area contributed by atoms with E-state index in [1.807, 2.05) is 12.4 Å². The molecule has 1 aromatic carbocycles. The smallest absolute Gasteiger partial charge is 0.112 e. The quantitative estimate of drug-likeness (QED) is 0.872. The Balaban J connectivity index is 1.80. The lowest BCUT2D eigenvalue weighted by atomic mass is 10.2. The average Bonchev–Trinajstić information content (AvgIpc) is 3.12. The van der Waals surface area contributed by atoms with E-state index in [4.69, 9.17) is 0 Å². The number of nitrogens with zero attached hydrogens (tertiary/aromatic N) is 2. The molecule has 1 N–H and O–H groups in total. The van der Waals surface area contributed by atoms with E-state index in [-0.39, 0.29) is 0 Å². The third-order valence-corrected chi connectivity index (χ3v) is 3.39. The molecule has 94 valence electrons. The average molecular weight is 241 g/mol. The van der Waals surface area contributed by atoms with E-state index < -0.39 is 0 Å². The largest absolute Gasteiger partial charge is 0.310 e. The summed E-state index contributed by atoms with van der Waals surface area (Å²) in [6.07, 6.45) is 7.53. The maximum absolute atomic E-state index is 4.37. The fourth-order valence-corrected chi connectivity index (χ4v) is 2.20. The molecule has 1 aliphatic carbocycles. The van der Waals surface area contributed by atoms with Gasteiger partial charge in [-0.1, -0.05) is 19.1 Å². The molecule has 1 saturated carbocycles. The Kier molecular flexibility index (Phi) is 3.15. The normalized spacial score (nSPS) is 14.9. The SMILES string of the molecule is CCc1nccn1-c1cccc(CNC2CC2)c1. The van der Waals surface area contributed by atoms with Crippen molar-refractivity contribution in [3.8, 4) is 5.69 Å². The number of nitrogens with one attached hydrogen (secondary N) is 1. The summed E-state index contributed by atoms with van der Waals surface area (Å²) in [5.74, 6) is 1.11. The van der Waals surface area contributed by atoms with Gasteiger partial charge in [-0.25, -0.2) is 4.98 Å². The molecule has 1 fully saturated rings. The molecule has 18 heavy (non-hydrogen) atoms. The number of hydrogen-bond donors (Lipinski definition) is 1. The lowest BCUT2D eigenvalue weighted by Gasteiger charge is -2.09. The van der Waals surface area contributed by atoms with Gasteiger partial charge >= 0.3 is 0 Å². The summed E-state index contributed by atoms with van der Waals surface area (Å²) in [6, 6.07) is 9.45. The maximum atomic E-state index is 4.37. The summed E-state index contributed by atoms with van der Waals surface area (Å²) >= 11 is 0. The molecule has 0 saturated heterocycles. The molecular formula is C15H19N3. The van der Waals surface area contributed by atoms with Gasteiger partial charge in [0.15, 0.2) is 0 Å². The second-order valence-electron chi connectivity index (χ2n) is 4.89. The summed E-state index contributed by atoms with van der Waals surface area (Å²) in [6.45, 7) is 3.10. The molecule has 3 nitrogen and oxygen atoms in total. The highest BCUT2D eigenvalue weighted by Crippen LogP contribution is 2.20. The summed E-state index contributed by atoms with van der Waals surface area (Å²) in [4.78, 5) is 4.37. The van der Waals surface area contributed by atoms with E-state index in [9.17, 15) is 0 Å². The summed E-state index contributed by atoms with van der Waals surface area (Å²) in [5, 5.41) is 3.55. The van der Waals surface area contributed by atoms with Crippen LogP contribution < -0.4 is 5.32 Å². The Morgan fingerprint density at radius 1 is 1.39 bits per heavy atom. The molecule has 0 spiro atoms. The van der Waals surface area contributed by atoms with E-state index in [0.717, 1.165) is 24.8 Å². The maximum Gasteiger partial charge on any atom is 0.112 e. The van der Waals surface area contributed by atoms with Crippen molar-refractivity contribution < 1.29 is 0 Å². The Hall–Kier alpha value is -1.61. The molecule has 3 rings (SSSR count). The molecule has 0 radical (unpaired) electrons. The third-order valence-electron chi connectivity index (χ3n) is 3.39. The highest BCUT2D eigenvalue weighted by molar-refractivity contribution is 5.37. The van der Waals surface area contributed by atoms with Gasteiger partial charge in [-0.15, -0.1) is 0 Å². The van der Waals surface area contributed by atoms with E-state index in [0.29, 0.717) is 0 Å². The zero-order chi connectivity index (χ0) is 12.4. The molecule has 0 unspecified atom stereocenters. The second-order valence-corrected chi connectivity index (χ2v) is 4.89. The van der Waals surface area contributed by atoms with Crippen molar-refractivity contribution in [3.05, 3.63) is 48.0 Å². The van der Waals surface area contributed by atoms with Crippen LogP contribution in [0.5, 0.6) is 0 Å². The van der Waals surface area contributed by atoms with Crippen LogP contribution in [0.25, 0.3) is 5.69 Å². The van der Waals surface area contributed by atoms with Crippen LogP contribution in [0.3, 0.4) is 0 Å². The van der Waals surface area contributed by atoms with Crippen molar-refractivity contribution in [3.63, 3.8) is 0 Å². The Labute approximate surface area is 108 Å². The first-order valence-electron chi connectivity index (χ1n) is 6.71. The van der Waals surface area contributed by atoms with Gasteiger partial charge in [0.25, 0.3) is 0 Å². The van der Waals surface area contributed by atoms with Crippen molar-refractivity contribution in [2.24, 2.45) is 0 Å². The fourth-order valence-electron chi connectivity index (χ4n) is 2.20. The highest BCUT2D eigenvalue weighted by atomic mass is 15.1. The third kappa shape index (κ3) is 2.46. The zero-order valence-corrected chi connectivity index (χ0v) is 10.8. The molecule has 1 aliphatic rings. The van der Waals surface area contributed by atoms with Gasteiger partial charge in [0, 0.05) is 37.1 Å². The van der Waals surface area contributed by atoms with Crippen molar-refractivity contribution >= 4 is 0 Å². The monoisotopic (exact) mass is 241 g/mol. The lowest BCUT2D eigenvalue weighted by Crippen LogP contribution is -2.15. The second kappa shape index (κ2) is 4.94. The molecule has 0 aliphatic heterocycles. The van der Waals surface area contributed by atoms with Crippen LogP contribution in [0.4, 0.5) is 0 Å². The first-order chi connectivity index (χ1) is 8.86. The van der Waals surface area contributed by atoms with Crippen molar-refractivity contribution in [1.82, 2.24) is 14.9 Å². The van der Waals surface area contributed by atoms with Gasteiger partial charge in [-0.05, 0) is 30.5 Å². The van der Waals surface area contributed by atoms with Gasteiger partial charge in [-0.3, -0.25) is 0 Å². The number of benzene rings is 1. The standard InChI is InChI=1S/C15H19N3/c1-2-15-16-8-9-18(15)14-5-3-4-12(10-14)11-17-13-6-7-13/h3-5,8-10,13,17H,2,6-7,11H2,1H3. The van der Waals surface area contributed by atoms with Gasteiger partial charge < -0.3 is 9.88 Å². The Morgan fingerprint density at radius 2 is 2.28 bits per heavy atom. The minimum absolute atomic E-state index is 0.758. The molecule has 1 aromatic heterocycles. The van der Waals surface area contributed by atoms with Crippen molar-refractivity contribution in [1.29, 1.82) is 0 Å². The van der Waals surface area contributed by atoms with Gasteiger partial charge in [0.05, 0.1) is 0 Å². The van der Waals surface area contributed by atoms with Crippen LogP contribution >= 0.6 is 0 Å². The number of aryl methyl sites for hydroxylation is 1. The minimum atomic E-state index is 0.758. The predicted octanol–water partition coefficient (Wildman–Crippen LogP) is 2.69. The van der Waals surface area contributed by atoms with Crippen LogP contribution in [0, 0.1) is 0 Å². The van der Waals surface area contributed by atoms with Gasteiger partial charge in [0.1, 0.15) is 5.82 Å². The molecule has 1 heterocycles. The molecule has 2 aromatic rings. The molecule has 0 bridgehead atoms. The molecule has 0 atom stereocenters. The minimum Gasteiger partial charge on any atom is -0.310 e. The number of hydrogen-bond acceptors (Lipinski definition) is 2. The molecular weight excluding hydrogens is 222 g/mol. The first-order valence-corrected chi connectivity index (χ1v) is 6.71. The topological polar surface area (TPSA) is 29.9 Å². The van der Waals surface area contributed by atoms with Crippen LogP contribution in [0.1, 0.15) is 31.2 Å². The summed E-state index contributed by atoms with van der Waals surface area (Å²) in [7, 11) is 0. The number of rotatable bonds is 5. The van der Waals surface area contributed by atoms with Crippen LogP contribution in [-0.4, -0.2) is 15.6 Å². The summed E-state index contributed by atoms with van der Waals surface area (Å²) < 4.78 is 2.17. The van der Waals surface area contributed by atoms with E-state index in [1.165, 1.54) is 24.1 Å². The van der Waals surface area contributed by atoms with E-state index in [1.54, 1.807) is 0 Å². The van der Waals surface area contributed by atoms with Crippen LogP contribution in [0.15, 0.2) is 36.7 Å². The summed E-state index contributed by atoms with van der Waals surface area (Å²) in [5.41, 5.74) is 2.55. The predicted molar refractivity (Wildman–Crippen MR) is 72.8 cm³/mol. The Morgan fingerprint density at radius 3 is 3.06 bits per heavy atom. The number of aromatic nitrogens is 2. The van der Waals surface area contributed by atoms with Crippen LogP contribution in [0.2, 0.25) is 0 Å². The lowest BCUT2D eigenvalue weighted by molar-refractivity contribution is 0.687. The van der Waals surface area contributed by atoms with Crippen molar-refractivity contribution in [2.45, 2.75) is 38.8 Å². The van der Waals surface area contributed by atoms with Gasteiger partial charge in [0.2, 0.25) is 0 Å². The van der Waals surface area contributed by atoms with Crippen LogP contribution in [-0.2, 0) is 13.0 Å². The molecule has 3 heteroatoms. The number of imidazole rings is 1. The van der Waals surface area contributed by atoms with Gasteiger partial charge in [-0.2, -0.15) is 0 Å².